The third-order valence-electron chi connectivity index (χ3n) is 2.14. The highest BCUT2D eigenvalue weighted by Crippen LogP contribution is 2.17. The van der Waals surface area contributed by atoms with Gasteiger partial charge in [-0.25, -0.2) is 0 Å². The summed E-state index contributed by atoms with van der Waals surface area (Å²) in [5, 5.41) is 17.5. The van der Waals surface area contributed by atoms with Crippen molar-refractivity contribution in [3.05, 3.63) is 0 Å². The van der Waals surface area contributed by atoms with Gasteiger partial charge in [-0.2, -0.15) is 5.48 Å². The Morgan fingerprint density at radius 3 is 2.00 bits per heavy atom. The highest BCUT2D eigenvalue weighted by atomic mass is 16.7. The molecule has 8 heteroatoms. The molecule has 0 bridgehead atoms. The van der Waals surface area contributed by atoms with E-state index < -0.39 is 41.6 Å². The summed E-state index contributed by atoms with van der Waals surface area (Å²) < 4.78 is 5.14. The average Bonchev–Trinajstić information content (AvgIpc) is 2.19. The zero-order valence-corrected chi connectivity index (χ0v) is 12.9. The third kappa shape index (κ3) is 9.80. The van der Waals surface area contributed by atoms with Crippen molar-refractivity contribution in [2.45, 2.75) is 64.7 Å². The summed E-state index contributed by atoms with van der Waals surface area (Å²) in [6.07, 6.45) is -0.755. The lowest BCUT2D eigenvalue weighted by Gasteiger charge is -2.28. The molecule has 0 radical (unpaired) electrons. The molecule has 0 saturated heterocycles. The fraction of sp³-hybridized carbons (Fsp3) is 0.769. The molecule has 0 aromatic rings. The highest BCUT2D eigenvalue weighted by Gasteiger charge is 2.30. The summed E-state index contributed by atoms with van der Waals surface area (Å²) in [7, 11) is 0. The van der Waals surface area contributed by atoms with Crippen molar-refractivity contribution in [3.8, 4) is 0 Å². The molecule has 21 heavy (non-hydrogen) atoms. The number of carbonyl (C=O) groups is 3. The zero-order valence-electron chi connectivity index (χ0n) is 12.9. The fourth-order valence-electron chi connectivity index (χ4n) is 1.35. The molecule has 122 valence electrons. The topological polar surface area (TPSA) is 122 Å². The number of aliphatic carboxylic acids is 2. The first-order chi connectivity index (χ1) is 9.32. The molecular formula is C13H23NO7. The Kier molecular flexibility index (Phi) is 6.78. The largest absolute Gasteiger partial charge is 0.481 e. The second-order valence-corrected chi connectivity index (χ2v) is 6.23. The summed E-state index contributed by atoms with van der Waals surface area (Å²) in [5.41, 5.74) is 0.492. The van der Waals surface area contributed by atoms with Crippen molar-refractivity contribution >= 4 is 17.9 Å². The van der Waals surface area contributed by atoms with Gasteiger partial charge in [0.05, 0.1) is 18.4 Å². The quantitative estimate of drug-likeness (QED) is 0.447. The van der Waals surface area contributed by atoms with E-state index >= 15 is 0 Å². The van der Waals surface area contributed by atoms with Gasteiger partial charge in [-0.1, -0.05) is 0 Å². The monoisotopic (exact) mass is 305 g/mol. The normalized spacial score (nSPS) is 13.6. The predicted molar refractivity (Wildman–Crippen MR) is 72.4 cm³/mol. The van der Waals surface area contributed by atoms with Gasteiger partial charge in [0.2, 0.25) is 0 Å². The van der Waals surface area contributed by atoms with Crippen LogP contribution in [0.15, 0.2) is 0 Å². The molecule has 3 N–H and O–H groups in total. The molecule has 0 saturated carbocycles. The molecule has 0 rings (SSSR count). The first kappa shape index (κ1) is 19.3. The molecule has 8 nitrogen and oxygen atoms in total. The number of carboxylic acid groups (broad SMARTS) is 2. The highest BCUT2D eigenvalue weighted by molar-refractivity contribution is 5.80. The minimum Gasteiger partial charge on any atom is -0.481 e. The molecule has 0 heterocycles. The van der Waals surface area contributed by atoms with Gasteiger partial charge in [0.15, 0.2) is 0 Å². The number of carbonyl (C=O) groups excluding carboxylic acids is 1. The lowest BCUT2D eigenvalue weighted by molar-refractivity contribution is -0.171. The first-order valence-electron chi connectivity index (χ1n) is 6.42. The number of rotatable bonds is 8. The van der Waals surface area contributed by atoms with Gasteiger partial charge in [-0.3, -0.25) is 19.2 Å². The zero-order chi connectivity index (χ0) is 16.8. The van der Waals surface area contributed by atoms with E-state index in [9.17, 15) is 14.4 Å². The van der Waals surface area contributed by atoms with Crippen molar-refractivity contribution in [1.29, 1.82) is 0 Å². The summed E-state index contributed by atoms with van der Waals surface area (Å²) in [5.74, 6) is -3.13. The van der Waals surface area contributed by atoms with E-state index in [1.54, 1.807) is 34.6 Å². The number of carboxylic acids is 2. The standard InChI is InChI=1S/C13H23NO7/c1-12(2,3)20-10(17)7-13(4,5)21-14-8(11(18)19)6-9(15)16/h8,14H,6-7H2,1-5H3,(H,15,16)(H,18,19). The second-order valence-electron chi connectivity index (χ2n) is 6.23. The van der Waals surface area contributed by atoms with Crippen LogP contribution in [0.1, 0.15) is 47.5 Å². The van der Waals surface area contributed by atoms with Crippen LogP contribution in [-0.2, 0) is 24.0 Å². The van der Waals surface area contributed by atoms with Gasteiger partial charge in [-0.15, -0.1) is 0 Å². The van der Waals surface area contributed by atoms with E-state index in [1.807, 2.05) is 0 Å². The molecule has 1 unspecified atom stereocenters. The smallest absolute Gasteiger partial charge is 0.323 e. The van der Waals surface area contributed by atoms with Crippen molar-refractivity contribution in [2.75, 3.05) is 0 Å². The van der Waals surface area contributed by atoms with Crippen LogP contribution in [0.2, 0.25) is 0 Å². The van der Waals surface area contributed by atoms with Gasteiger partial charge in [0.1, 0.15) is 11.6 Å². The van der Waals surface area contributed by atoms with Crippen LogP contribution in [-0.4, -0.2) is 45.4 Å². The summed E-state index contributed by atoms with van der Waals surface area (Å²) >= 11 is 0. The Labute approximate surface area is 123 Å². The second kappa shape index (κ2) is 7.37. The maximum atomic E-state index is 11.7. The Hall–Kier alpha value is -1.67. The minimum absolute atomic E-state index is 0.114. The number of hydrogen-bond donors (Lipinski definition) is 3. The van der Waals surface area contributed by atoms with E-state index in [0.29, 0.717) is 0 Å². The van der Waals surface area contributed by atoms with Gasteiger partial charge in [-0.05, 0) is 34.6 Å². The third-order valence-corrected chi connectivity index (χ3v) is 2.14. The van der Waals surface area contributed by atoms with E-state index in [2.05, 4.69) is 5.48 Å². The molecule has 0 amide bonds. The fourth-order valence-corrected chi connectivity index (χ4v) is 1.35. The van der Waals surface area contributed by atoms with Crippen LogP contribution in [0.5, 0.6) is 0 Å². The Morgan fingerprint density at radius 1 is 1.10 bits per heavy atom. The predicted octanol–water partition coefficient (Wildman–Crippen LogP) is 0.946. The lowest BCUT2D eigenvalue weighted by Crippen LogP contribution is -2.44. The lowest BCUT2D eigenvalue weighted by atomic mass is 10.1. The molecule has 0 aliphatic rings. The van der Waals surface area contributed by atoms with Crippen LogP contribution in [0.4, 0.5) is 0 Å². The van der Waals surface area contributed by atoms with Crippen LogP contribution < -0.4 is 5.48 Å². The number of ether oxygens (including phenoxy) is 1. The van der Waals surface area contributed by atoms with Gasteiger partial charge >= 0.3 is 17.9 Å². The van der Waals surface area contributed by atoms with Gasteiger partial charge in [0, 0.05) is 0 Å². The molecule has 0 aliphatic carbocycles. The summed E-state index contributed by atoms with van der Waals surface area (Å²) in [6.45, 7) is 8.30. The van der Waals surface area contributed by atoms with Crippen LogP contribution in [0.3, 0.4) is 0 Å². The SMILES string of the molecule is CC(C)(C)OC(=O)CC(C)(C)ONC(CC(=O)O)C(=O)O. The van der Waals surface area contributed by atoms with E-state index in [4.69, 9.17) is 19.8 Å². The Balaban J connectivity index is 4.48. The molecular weight excluding hydrogens is 282 g/mol. The first-order valence-corrected chi connectivity index (χ1v) is 6.42. The van der Waals surface area contributed by atoms with Crippen LogP contribution in [0, 0.1) is 0 Å². The maximum Gasteiger partial charge on any atom is 0.323 e. The molecule has 0 fully saturated rings. The van der Waals surface area contributed by atoms with E-state index in [-0.39, 0.29) is 6.42 Å². The molecule has 0 aliphatic heterocycles. The summed E-state index contributed by atoms with van der Waals surface area (Å²) in [6, 6.07) is -1.40. The maximum absolute atomic E-state index is 11.7. The Bertz CT molecular complexity index is 398. The minimum atomic E-state index is -1.40. The molecule has 0 aromatic heterocycles. The van der Waals surface area contributed by atoms with Gasteiger partial charge in [0.25, 0.3) is 0 Å². The van der Waals surface area contributed by atoms with Crippen molar-refractivity contribution in [2.24, 2.45) is 0 Å². The Morgan fingerprint density at radius 2 is 1.62 bits per heavy atom. The van der Waals surface area contributed by atoms with Crippen LogP contribution in [0.25, 0.3) is 0 Å². The molecule has 0 spiro atoms. The van der Waals surface area contributed by atoms with Crippen molar-refractivity contribution in [1.82, 2.24) is 5.48 Å². The van der Waals surface area contributed by atoms with Crippen LogP contribution >= 0.6 is 0 Å². The van der Waals surface area contributed by atoms with Crippen molar-refractivity contribution in [3.63, 3.8) is 0 Å². The van der Waals surface area contributed by atoms with E-state index in [0.717, 1.165) is 0 Å². The number of hydrogen-bond acceptors (Lipinski definition) is 6. The number of hydroxylamine groups is 1. The van der Waals surface area contributed by atoms with Crippen molar-refractivity contribution < 1.29 is 34.2 Å². The average molecular weight is 305 g/mol. The van der Waals surface area contributed by atoms with E-state index in [1.165, 1.54) is 0 Å². The molecule has 0 aromatic carbocycles. The number of nitrogens with one attached hydrogen (secondary N) is 1. The number of esters is 1. The summed E-state index contributed by atoms with van der Waals surface area (Å²) in [4.78, 5) is 38.2. The van der Waals surface area contributed by atoms with Gasteiger partial charge < -0.3 is 14.9 Å². The molecule has 1 atom stereocenters.